The maximum absolute atomic E-state index is 12.9. The Hall–Kier alpha value is -0.550. The van der Waals surface area contributed by atoms with Crippen molar-refractivity contribution in [2.24, 2.45) is 0 Å². The van der Waals surface area contributed by atoms with E-state index in [0.717, 1.165) is 5.30 Å². The molecule has 0 aromatic heterocycles. The summed E-state index contributed by atoms with van der Waals surface area (Å²) in [6.07, 6.45) is 0. The number of aryl methyl sites for hydroxylation is 1. The highest BCUT2D eigenvalue weighted by Gasteiger charge is 2.31. The van der Waals surface area contributed by atoms with Gasteiger partial charge >= 0.3 is 0 Å². The molecule has 0 unspecified atom stereocenters. The molecule has 0 N–H and O–H groups in total. The molecule has 0 bridgehead atoms. The fraction of sp³-hybridized carbons (Fsp3) is 0.538. The van der Waals surface area contributed by atoms with Gasteiger partial charge in [-0.25, -0.2) is 0 Å². The Balaban J connectivity index is 3.22. The molecule has 0 fully saturated rings. The summed E-state index contributed by atoms with van der Waals surface area (Å²) in [5.74, 6) is 0. The van der Waals surface area contributed by atoms with Crippen LogP contribution in [0.2, 0.25) is 0 Å². The molecule has 84 valence electrons. The smallest absolute Gasteiger partial charge is 0.120 e. The SMILES string of the molecule is Cc1ccc(P(=O)(C(C)C)C(C)C)cc1. The quantitative estimate of drug-likeness (QED) is 0.714. The van der Waals surface area contributed by atoms with Gasteiger partial charge in [0.15, 0.2) is 0 Å². The van der Waals surface area contributed by atoms with Crippen LogP contribution in [-0.4, -0.2) is 11.3 Å². The van der Waals surface area contributed by atoms with Gasteiger partial charge in [0.25, 0.3) is 0 Å². The predicted molar refractivity (Wildman–Crippen MR) is 68.7 cm³/mol. The lowest BCUT2D eigenvalue weighted by Gasteiger charge is -2.26. The van der Waals surface area contributed by atoms with Gasteiger partial charge in [0, 0.05) is 16.6 Å². The summed E-state index contributed by atoms with van der Waals surface area (Å²) >= 11 is 0. The molecule has 0 amide bonds. The van der Waals surface area contributed by atoms with E-state index < -0.39 is 7.14 Å². The average molecular weight is 224 g/mol. The van der Waals surface area contributed by atoms with Crippen molar-refractivity contribution in [2.45, 2.75) is 45.9 Å². The fourth-order valence-corrected chi connectivity index (χ4v) is 4.97. The maximum Gasteiger partial charge on any atom is 0.120 e. The Morgan fingerprint density at radius 3 is 1.67 bits per heavy atom. The highest BCUT2D eigenvalue weighted by atomic mass is 31.2. The van der Waals surface area contributed by atoms with Gasteiger partial charge in [0.05, 0.1) is 0 Å². The van der Waals surface area contributed by atoms with Crippen molar-refractivity contribution in [3.63, 3.8) is 0 Å². The molecule has 0 aliphatic heterocycles. The van der Waals surface area contributed by atoms with Gasteiger partial charge in [-0.1, -0.05) is 57.5 Å². The van der Waals surface area contributed by atoms with Gasteiger partial charge in [-0.15, -0.1) is 0 Å². The van der Waals surface area contributed by atoms with Gasteiger partial charge in [-0.05, 0) is 6.92 Å². The van der Waals surface area contributed by atoms with E-state index in [9.17, 15) is 4.57 Å². The molecule has 1 rings (SSSR count). The maximum atomic E-state index is 12.9. The van der Waals surface area contributed by atoms with E-state index >= 15 is 0 Å². The van der Waals surface area contributed by atoms with Crippen molar-refractivity contribution >= 4 is 12.4 Å². The lowest BCUT2D eigenvalue weighted by molar-refractivity contribution is 0.569. The van der Waals surface area contributed by atoms with E-state index in [-0.39, 0.29) is 11.3 Å². The van der Waals surface area contributed by atoms with E-state index in [1.165, 1.54) is 5.56 Å². The average Bonchev–Trinajstić information content (AvgIpc) is 2.17. The molecule has 1 nitrogen and oxygen atoms in total. The Morgan fingerprint density at radius 2 is 1.33 bits per heavy atom. The second-order valence-corrected chi connectivity index (χ2v) is 8.73. The lowest BCUT2D eigenvalue weighted by Crippen LogP contribution is -2.19. The van der Waals surface area contributed by atoms with Crippen LogP contribution >= 0.6 is 7.14 Å². The summed E-state index contributed by atoms with van der Waals surface area (Å²) < 4.78 is 12.9. The van der Waals surface area contributed by atoms with Gasteiger partial charge in [0.1, 0.15) is 7.14 Å². The zero-order valence-electron chi connectivity index (χ0n) is 10.3. The van der Waals surface area contributed by atoms with Crippen molar-refractivity contribution in [1.29, 1.82) is 0 Å². The Labute approximate surface area is 93.3 Å². The van der Waals surface area contributed by atoms with Crippen molar-refractivity contribution in [2.75, 3.05) is 0 Å². The minimum atomic E-state index is -2.24. The molecule has 0 spiro atoms. The van der Waals surface area contributed by atoms with Crippen LogP contribution in [0.15, 0.2) is 24.3 Å². The summed E-state index contributed by atoms with van der Waals surface area (Å²) in [6.45, 7) is 10.3. The molecule has 0 saturated heterocycles. The van der Waals surface area contributed by atoms with Crippen molar-refractivity contribution in [3.8, 4) is 0 Å². The first kappa shape index (κ1) is 12.5. The van der Waals surface area contributed by atoms with E-state index in [2.05, 4.69) is 34.6 Å². The fourth-order valence-electron chi connectivity index (χ4n) is 1.97. The van der Waals surface area contributed by atoms with E-state index in [1.54, 1.807) is 0 Å². The predicted octanol–water partition coefficient (Wildman–Crippen LogP) is 3.80. The van der Waals surface area contributed by atoms with Crippen LogP contribution in [0.5, 0.6) is 0 Å². The third-order valence-corrected chi connectivity index (χ3v) is 7.15. The molecule has 0 radical (unpaired) electrons. The number of hydrogen-bond donors (Lipinski definition) is 0. The molecule has 0 saturated carbocycles. The van der Waals surface area contributed by atoms with Crippen molar-refractivity contribution in [1.82, 2.24) is 0 Å². The van der Waals surface area contributed by atoms with Gasteiger partial charge in [-0.2, -0.15) is 0 Å². The summed E-state index contributed by atoms with van der Waals surface area (Å²) in [6, 6.07) is 8.14. The second-order valence-electron chi connectivity index (χ2n) is 4.73. The van der Waals surface area contributed by atoms with E-state index in [0.29, 0.717) is 0 Å². The summed E-state index contributed by atoms with van der Waals surface area (Å²) in [5.41, 5.74) is 1.67. The second kappa shape index (κ2) is 4.53. The summed E-state index contributed by atoms with van der Waals surface area (Å²) in [7, 11) is -2.24. The summed E-state index contributed by atoms with van der Waals surface area (Å²) in [5, 5.41) is 1.03. The minimum absolute atomic E-state index is 0.222. The molecular formula is C13H21OP. The lowest BCUT2D eigenvalue weighted by atomic mass is 10.2. The topological polar surface area (TPSA) is 17.1 Å². The minimum Gasteiger partial charge on any atom is -0.318 e. The van der Waals surface area contributed by atoms with Crippen molar-refractivity contribution < 1.29 is 4.57 Å². The van der Waals surface area contributed by atoms with Crippen LogP contribution in [0.3, 0.4) is 0 Å². The number of benzene rings is 1. The first-order chi connectivity index (χ1) is 6.89. The molecule has 2 heteroatoms. The van der Waals surface area contributed by atoms with Crippen LogP contribution in [0.4, 0.5) is 0 Å². The van der Waals surface area contributed by atoms with Crippen molar-refractivity contribution in [3.05, 3.63) is 29.8 Å². The van der Waals surface area contributed by atoms with Gasteiger partial charge < -0.3 is 4.57 Å². The molecule has 0 heterocycles. The highest BCUT2D eigenvalue weighted by molar-refractivity contribution is 7.72. The van der Waals surface area contributed by atoms with Crippen LogP contribution in [0.25, 0.3) is 0 Å². The molecule has 15 heavy (non-hydrogen) atoms. The zero-order chi connectivity index (χ0) is 11.6. The number of rotatable bonds is 3. The monoisotopic (exact) mass is 224 g/mol. The molecule has 1 aromatic rings. The molecule has 0 aliphatic carbocycles. The largest absolute Gasteiger partial charge is 0.318 e. The van der Waals surface area contributed by atoms with E-state index in [4.69, 9.17) is 0 Å². The Morgan fingerprint density at radius 1 is 0.933 bits per heavy atom. The van der Waals surface area contributed by atoms with Crippen LogP contribution in [-0.2, 0) is 4.57 Å². The summed E-state index contributed by atoms with van der Waals surface area (Å²) in [4.78, 5) is 0. The highest BCUT2D eigenvalue weighted by Crippen LogP contribution is 2.53. The zero-order valence-corrected chi connectivity index (χ0v) is 11.2. The Bertz CT molecular complexity index is 351. The van der Waals surface area contributed by atoms with Crippen LogP contribution in [0.1, 0.15) is 33.3 Å². The molecule has 1 aromatic carbocycles. The molecule has 0 atom stereocenters. The van der Waals surface area contributed by atoms with Crippen LogP contribution in [0, 0.1) is 6.92 Å². The van der Waals surface area contributed by atoms with E-state index in [1.807, 2.05) is 24.3 Å². The first-order valence-corrected chi connectivity index (χ1v) is 7.40. The first-order valence-electron chi connectivity index (χ1n) is 5.55. The third-order valence-electron chi connectivity index (χ3n) is 2.97. The third kappa shape index (κ3) is 2.34. The van der Waals surface area contributed by atoms with Crippen LogP contribution < -0.4 is 5.30 Å². The van der Waals surface area contributed by atoms with Gasteiger partial charge in [-0.3, -0.25) is 0 Å². The Kier molecular flexibility index (Phi) is 3.78. The molecule has 0 aliphatic rings. The normalized spacial score (nSPS) is 12.5. The number of hydrogen-bond acceptors (Lipinski definition) is 1. The standard InChI is InChI=1S/C13H21OP/c1-10(2)15(14,11(3)4)13-8-6-12(5)7-9-13/h6-11H,1-5H3. The molecular weight excluding hydrogens is 203 g/mol. The van der Waals surface area contributed by atoms with Gasteiger partial charge in [0.2, 0.25) is 0 Å².